The Kier molecular flexibility index (Phi) is 5.11. The Bertz CT molecular complexity index is 692. The predicted octanol–water partition coefficient (Wildman–Crippen LogP) is 2.57. The third-order valence-electron chi connectivity index (χ3n) is 4.22. The lowest BCUT2D eigenvalue weighted by atomic mass is 10.1. The quantitative estimate of drug-likeness (QED) is 0.938. The van der Waals surface area contributed by atoms with Crippen LogP contribution in [0, 0.1) is 6.92 Å². The summed E-state index contributed by atoms with van der Waals surface area (Å²) in [6.07, 6.45) is 2.71. The minimum Gasteiger partial charge on any atom is -0.487 e. The van der Waals surface area contributed by atoms with Crippen LogP contribution in [0.25, 0.3) is 0 Å². The minimum absolute atomic E-state index is 0.0146. The maximum Gasteiger partial charge on any atom is 0.253 e. The Balaban J connectivity index is 1.63. The maximum absolute atomic E-state index is 12.6. The lowest BCUT2D eigenvalue weighted by Crippen LogP contribution is -2.40. The van der Waals surface area contributed by atoms with Crippen molar-refractivity contribution in [2.75, 3.05) is 13.1 Å². The number of hydrogen-bond donors (Lipinski definition) is 1. The number of pyridine rings is 1. The van der Waals surface area contributed by atoms with Crippen molar-refractivity contribution in [3.63, 3.8) is 0 Å². The van der Waals surface area contributed by atoms with Crippen molar-refractivity contribution in [1.29, 1.82) is 0 Å². The van der Waals surface area contributed by atoms with E-state index in [0.29, 0.717) is 43.9 Å². The molecule has 1 fully saturated rings. The molecule has 0 saturated carbocycles. The Morgan fingerprint density at radius 2 is 2.08 bits per heavy atom. The number of aliphatic hydroxyl groups excluding tert-OH is 1. The van der Waals surface area contributed by atoms with Crippen LogP contribution in [-0.4, -0.2) is 40.1 Å². The van der Waals surface area contributed by atoms with Crippen LogP contribution in [0.2, 0.25) is 0 Å². The summed E-state index contributed by atoms with van der Waals surface area (Å²) in [5.74, 6) is 0.725. The molecule has 1 amide bonds. The minimum atomic E-state index is -0.281. The summed E-state index contributed by atoms with van der Waals surface area (Å²) in [6, 6.07) is 11.3. The molecule has 0 spiro atoms. The van der Waals surface area contributed by atoms with Gasteiger partial charge in [0, 0.05) is 24.3 Å². The van der Waals surface area contributed by atoms with Gasteiger partial charge in [0.25, 0.3) is 5.91 Å². The molecule has 2 heterocycles. The van der Waals surface area contributed by atoms with Gasteiger partial charge in [-0.3, -0.25) is 9.78 Å². The topological polar surface area (TPSA) is 62.7 Å². The number of benzene rings is 1. The maximum atomic E-state index is 12.6. The normalized spacial score (nSPS) is 15.3. The molecule has 2 aromatic rings. The van der Waals surface area contributed by atoms with Crippen LogP contribution < -0.4 is 4.74 Å². The molecule has 24 heavy (non-hydrogen) atoms. The summed E-state index contributed by atoms with van der Waals surface area (Å²) in [4.78, 5) is 18.6. The second-order valence-electron chi connectivity index (χ2n) is 6.15. The number of hydrogen-bond acceptors (Lipinski definition) is 4. The second kappa shape index (κ2) is 7.45. The molecule has 0 bridgehead atoms. The molecule has 1 aliphatic heterocycles. The standard InChI is InChI=1S/C19H22N2O3/c1-14-5-6-18(12-20-14)24-13-15-3-2-4-16(11-15)19(23)21-9-7-17(22)8-10-21/h2-6,11-12,17,22H,7-10,13H2,1H3. The Hall–Kier alpha value is -2.40. The van der Waals surface area contributed by atoms with E-state index >= 15 is 0 Å². The van der Waals surface area contributed by atoms with Gasteiger partial charge in [-0.05, 0) is 49.6 Å². The average molecular weight is 326 g/mol. The van der Waals surface area contributed by atoms with Crippen molar-refractivity contribution in [3.05, 3.63) is 59.4 Å². The lowest BCUT2D eigenvalue weighted by molar-refractivity contribution is 0.0546. The number of rotatable bonds is 4. The van der Waals surface area contributed by atoms with Gasteiger partial charge >= 0.3 is 0 Å². The first kappa shape index (κ1) is 16.5. The monoisotopic (exact) mass is 326 g/mol. The van der Waals surface area contributed by atoms with E-state index in [9.17, 15) is 9.90 Å². The van der Waals surface area contributed by atoms with E-state index < -0.39 is 0 Å². The smallest absolute Gasteiger partial charge is 0.253 e. The first-order chi connectivity index (χ1) is 11.6. The summed E-state index contributed by atoms with van der Waals surface area (Å²) in [7, 11) is 0. The van der Waals surface area contributed by atoms with E-state index in [4.69, 9.17) is 4.74 Å². The molecule has 1 aromatic carbocycles. The fourth-order valence-electron chi connectivity index (χ4n) is 2.75. The fraction of sp³-hybridized carbons (Fsp3) is 0.368. The summed E-state index contributed by atoms with van der Waals surface area (Å²) < 4.78 is 5.72. The molecule has 0 atom stereocenters. The third-order valence-corrected chi connectivity index (χ3v) is 4.22. The number of ether oxygens (including phenoxy) is 1. The van der Waals surface area contributed by atoms with Gasteiger partial charge in [0.15, 0.2) is 0 Å². The molecule has 1 aromatic heterocycles. The van der Waals surface area contributed by atoms with Gasteiger partial charge in [0.1, 0.15) is 12.4 Å². The van der Waals surface area contributed by atoms with E-state index in [1.54, 1.807) is 11.1 Å². The van der Waals surface area contributed by atoms with Crippen LogP contribution in [-0.2, 0) is 6.61 Å². The molecule has 126 valence electrons. The molecule has 0 radical (unpaired) electrons. The number of piperidine rings is 1. The molecule has 1 saturated heterocycles. The van der Waals surface area contributed by atoms with Crippen molar-refractivity contribution in [1.82, 2.24) is 9.88 Å². The highest BCUT2D eigenvalue weighted by Gasteiger charge is 2.22. The molecule has 0 unspecified atom stereocenters. The number of nitrogens with zero attached hydrogens (tertiary/aromatic N) is 2. The van der Waals surface area contributed by atoms with Crippen LogP contribution in [0.4, 0.5) is 0 Å². The van der Waals surface area contributed by atoms with Gasteiger partial charge in [0.2, 0.25) is 0 Å². The zero-order valence-corrected chi connectivity index (χ0v) is 13.8. The Morgan fingerprint density at radius 1 is 1.29 bits per heavy atom. The molecular weight excluding hydrogens is 304 g/mol. The molecule has 3 rings (SSSR count). The molecule has 5 heteroatoms. The van der Waals surface area contributed by atoms with Crippen molar-refractivity contribution in [2.45, 2.75) is 32.5 Å². The van der Waals surface area contributed by atoms with Gasteiger partial charge in [0.05, 0.1) is 12.3 Å². The number of amides is 1. The van der Waals surface area contributed by atoms with Crippen molar-refractivity contribution in [3.8, 4) is 5.75 Å². The summed E-state index contributed by atoms with van der Waals surface area (Å²) in [6.45, 7) is 3.54. The number of carbonyl (C=O) groups is 1. The average Bonchev–Trinajstić information content (AvgIpc) is 2.61. The zero-order valence-electron chi connectivity index (χ0n) is 13.8. The van der Waals surface area contributed by atoms with Crippen LogP contribution in [0.5, 0.6) is 5.75 Å². The van der Waals surface area contributed by atoms with Gasteiger partial charge in [-0.2, -0.15) is 0 Å². The van der Waals surface area contributed by atoms with Crippen molar-refractivity contribution < 1.29 is 14.6 Å². The Morgan fingerprint density at radius 3 is 2.79 bits per heavy atom. The van der Waals surface area contributed by atoms with Gasteiger partial charge in [-0.15, -0.1) is 0 Å². The van der Waals surface area contributed by atoms with Crippen LogP contribution in [0.3, 0.4) is 0 Å². The van der Waals surface area contributed by atoms with E-state index in [2.05, 4.69) is 4.98 Å². The SMILES string of the molecule is Cc1ccc(OCc2cccc(C(=O)N3CCC(O)CC3)c2)cn1. The number of aryl methyl sites for hydroxylation is 1. The second-order valence-corrected chi connectivity index (χ2v) is 6.15. The predicted molar refractivity (Wildman–Crippen MR) is 90.9 cm³/mol. The highest BCUT2D eigenvalue weighted by atomic mass is 16.5. The number of carbonyl (C=O) groups excluding carboxylic acids is 1. The highest BCUT2D eigenvalue weighted by molar-refractivity contribution is 5.94. The summed E-state index contributed by atoms with van der Waals surface area (Å²) in [5.41, 5.74) is 2.55. The van der Waals surface area contributed by atoms with E-state index in [0.717, 1.165) is 11.3 Å². The van der Waals surface area contributed by atoms with E-state index in [1.807, 2.05) is 43.3 Å². The summed E-state index contributed by atoms with van der Waals surface area (Å²) >= 11 is 0. The first-order valence-corrected chi connectivity index (χ1v) is 8.23. The zero-order chi connectivity index (χ0) is 16.9. The van der Waals surface area contributed by atoms with Gasteiger partial charge in [-0.25, -0.2) is 0 Å². The molecule has 0 aliphatic carbocycles. The largest absolute Gasteiger partial charge is 0.487 e. The molecule has 1 aliphatic rings. The van der Waals surface area contributed by atoms with Gasteiger partial charge < -0.3 is 14.7 Å². The molecule has 1 N–H and O–H groups in total. The number of aromatic nitrogens is 1. The fourth-order valence-corrected chi connectivity index (χ4v) is 2.75. The van der Waals surface area contributed by atoms with Crippen LogP contribution >= 0.6 is 0 Å². The lowest BCUT2D eigenvalue weighted by Gasteiger charge is -2.29. The third kappa shape index (κ3) is 4.11. The van der Waals surface area contributed by atoms with Gasteiger partial charge in [-0.1, -0.05) is 12.1 Å². The van der Waals surface area contributed by atoms with Crippen molar-refractivity contribution >= 4 is 5.91 Å². The number of aliphatic hydroxyl groups is 1. The highest BCUT2D eigenvalue weighted by Crippen LogP contribution is 2.16. The summed E-state index contributed by atoms with van der Waals surface area (Å²) in [5, 5.41) is 9.56. The molecule has 5 nitrogen and oxygen atoms in total. The Labute approximate surface area is 141 Å². The first-order valence-electron chi connectivity index (χ1n) is 8.23. The van der Waals surface area contributed by atoms with Crippen LogP contribution in [0.1, 0.15) is 34.5 Å². The molecular formula is C19H22N2O3. The van der Waals surface area contributed by atoms with Crippen LogP contribution in [0.15, 0.2) is 42.6 Å². The van der Waals surface area contributed by atoms with E-state index in [-0.39, 0.29) is 12.0 Å². The van der Waals surface area contributed by atoms with Crippen molar-refractivity contribution in [2.24, 2.45) is 0 Å². The van der Waals surface area contributed by atoms with E-state index in [1.165, 1.54) is 0 Å². The number of likely N-dealkylation sites (tertiary alicyclic amines) is 1.